The van der Waals surface area contributed by atoms with Gasteiger partial charge in [0.1, 0.15) is 12.1 Å². The molecule has 1 aromatic carbocycles. The number of rotatable bonds is 8. The minimum Gasteiger partial charge on any atom is -0.324 e. The van der Waals surface area contributed by atoms with Crippen molar-refractivity contribution in [2.45, 2.75) is 31.2 Å². The maximum atomic E-state index is 12.8. The number of urea groups is 1. The van der Waals surface area contributed by atoms with E-state index in [1.54, 1.807) is 43.7 Å². The van der Waals surface area contributed by atoms with Crippen LogP contribution in [0.1, 0.15) is 26.3 Å². The molecule has 0 saturated carbocycles. The molecule has 0 aliphatic carbocycles. The second kappa shape index (κ2) is 8.77. The Bertz CT molecular complexity index is 1100. The number of anilines is 1. The van der Waals surface area contributed by atoms with Gasteiger partial charge < -0.3 is 10.6 Å². The Morgan fingerprint density at radius 2 is 1.94 bits per heavy atom. The van der Waals surface area contributed by atoms with Crippen molar-refractivity contribution in [3.63, 3.8) is 0 Å². The Hall–Kier alpha value is -2.76. The second-order valence-corrected chi connectivity index (χ2v) is 9.84. The molecule has 0 bridgehead atoms. The lowest BCUT2D eigenvalue weighted by atomic mass is 9.95. The molecule has 3 rings (SSSR count). The van der Waals surface area contributed by atoms with Crippen molar-refractivity contribution >= 4 is 44.9 Å². The van der Waals surface area contributed by atoms with Gasteiger partial charge in [0.15, 0.2) is 0 Å². The standard InChI is InChI=1S/C20H24N4O5S2/c1-4-23(5-2)31(28,29)16-8-6-7-15(11-16)21-17(25)12-24-18(26)20(3,22-19(24)27)14-9-10-30-13-14/h6-11,13H,4-5,12H2,1-3H3,(H,21,25)(H,22,27). The Morgan fingerprint density at radius 1 is 1.23 bits per heavy atom. The molecule has 1 saturated heterocycles. The first-order valence-electron chi connectivity index (χ1n) is 9.70. The van der Waals surface area contributed by atoms with Crippen LogP contribution in [0.3, 0.4) is 0 Å². The van der Waals surface area contributed by atoms with Crippen molar-refractivity contribution in [1.82, 2.24) is 14.5 Å². The van der Waals surface area contributed by atoms with E-state index in [1.807, 2.05) is 0 Å². The average molecular weight is 465 g/mol. The van der Waals surface area contributed by atoms with Crippen molar-refractivity contribution in [1.29, 1.82) is 0 Å². The van der Waals surface area contributed by atoms with Gasteiger partial charge in [-0.15, -0.1) is 0 Å². The summed E-state index contributed by atoms with van der Waals surface area (Å²) in [5.74, 6) is -1.14. The summed E-state index contributed by atoms with van der Waals surface area (Å²) in [5, 5.41) is 8.77. The van der Waals surface area contributed by atoms with E-state index in [1.165, 1.54) is 33.8 Å². The number of thiophene rings is 1. The first-order valence-corrected chi connectivity index (χ1v) is 12.1. The summed E-state index contributed by atoms with van der Waals surface area (Å²) in [6.45, 7) is 5.24. The van der Waals surface area contributed by atoms with Crippen molar-refractivity contribution in [3.8, 4) is 0 Å². The van der Waals surface area contributed by atoms with Crippen LogP contribution >= 0.6 is 11.3 Å². The predicted octanol–water partition coefficient (Wildman–Crippen LogP) is 2.18. The van der Waals surface area contributed by atoms with Crippen molar-refractivity contribution in [2.24, 2.45) is 0 Å². The second-order valence-electron chi connectivity index (χ2n) is 7.12. The zero-order valence-electron chi connectivity index (χ0n) is 17.4. The van der Waals surface area contributed by atoms with Crippen LogP contribution in [-0.2, 0) is 25.2 Å². The summed E-state index contributed by atoms with van der Waals surface area (Å²) in [5.41, 5.74) is -0.325. The largest absolute Gasteiger partial charge is 0.325 e. The van der Waals surface area contributed by atoms with Crippen LogP contribution < -0.4 is 10.6 Å². The topological polar surface area (TPSA) is 116 Å². The molecule has 11 heteroatoms. The predicted molar refractivity (Wildman–Crippen MR) is 117 cm³/mol. The van der Waals surface area contributed by atoms with Gasteiger partial charge in [-0.05, 0) is 47.5 Å². The first kappa shape index (κ1) is 22.9. The molecular weight excluding hydrogens is 440 g/mol. The van der Waals surface area contributed by atoms with E-state index in [0.29, 0.717) is 18.7 Å². The maximum Gasteiger partial charge on any atom is 0.325 e. The molecule has 31 heavy (non-hydrogen) atoms. The van der Waals surface area contributed by atoms with E-state index in [9.17, 15) is 22.8 Å². The fourth-order valence-electron chi connectivity index (χ4n) is 3.38. The molecule has 1 aromatic heterocycles. The summed E-state index contributed by atoms with van der Waals surface area (Å²) in [6, 6.07) is 6.95. The third-order valence-electron chi connectivity index (χ3n) is 5.14. The molecule has 1 aliphatic heterocycles. The van der Waals surface area contributed by atoms with Gasteiger partial charge in [-0.3, -0.25) is 14.5 Å². The molecule has 1 atom stereocenters. The van der Waals surface area contributed by atoms with E-state index in [0.717, 1.165) is 4.90 Å². The van der Waals surface area contributed by atoms with Gasteiger partial charge in [0.05, 0.1) is 4.90 Å². The number of sulfonamides is 1. The minimum atomic E-state index is -3.69. The monoisotopic (exact) mass is 464 g/mol. The Morgan fingerprint density at radius 3 is 2.55 bits per heavy atom. The molecule has 9 nitrogen and oxygen atoms in total. The molecule has 1 aliphatic rings. The highest BCUT2D eigenvalue weighted by molar-refractivity contribution is 7.89. The highest BCUT2D eigenvalue weighted by Gasteiger charge is 2.49. The Kier molecular flexibility index (Phi) is 6.48. The van der Waals surface area contributed by atoms with Crippen LogP contribution in [-0.4, -0.2) is 55.1 Å². The summed E-state index contributed by atoms with van der Waals surface area (Å²) in [4.78, 5) is 38.6. The fraction of sp³-hybridized carbons (Fsp3) is 0.350. The Balaban J connectivity index is 1.73. The number of amides is 4. The smallest absolute Gasteiger partial charge is 0.324 e. The lowest BCUT2D eigenvalue weighted by molar-refractivity contribution is -0.133. The van der Waals surface area contributed by atoms with Crippen LogP contribution in [0.25, 0.3) is 0 Å². The number of benzene rings is 1. The van der Waals surface area contributed by atoms with Crippen LogP contribution in [0, 0.1) is 0 Å². The third kappa shape index (κ3) is 4.34. The van der Waals surface area contributed by atoms with Gasteiger partial charge in [0, 0.05) is 18.8 Å². The summed E-state index contributed by atoms with van der Waals surface area (Å²) < 4.78 is 26.7. The summed E-state index contributed by atoms with van der Waals surface area (Å²) in [6.07, 6.45) is 0. The van der Waals surface area contributed by atoms with Gasteiger partial charge in [-0.25, -0.2) is 13.2 Å². The molecule has 1 fully saturated rings. The van der Waals surface area contributed by atoms with E-state index in [4.69, 9.17) is 0 Å². The SMILES string of the molecule is CCN(CC)S(=O)(=O)c1cccc(NC(=O)CN2C(=O)NC(C)(c3ccsc3)C2=O)c1. The zero-order chi connectivity index (χ0) is 22.8. The van der Waals surface area contributed by atoms with Gasteiger partial charge in [-0.2, -0.15) is 15.6 Å². The van der Waals surface area contributed by atoms with Gasteiger partial charge in [0.25, 0.3) is 5.91 Å². The van der Waals surface area contributed by atoms with Crippen LogP contribution in [0.4, 0.5) is 10.5 Å². The lowest BCUT2D eigenvalue weighted by Gasteiger charge is -2.20. The minimum absolute atomic E-state index is 0.0500. The molecule has 2 N–H and O–H groups in total. The summed E-state index contributed by atoms with van der Waals surface area (Å²) in [7, 11) is -3.69. The van der Waals surface area contributed by atoms with E-state index in [2.05, 4.69) is 10.6 Å². The quantitative estimate of drug-likeness (QED) is 0.581. The number of imide groups is 1. The van der Waals surface area contributed by atoms with E-state index >= 15 is 0 Å². The first-order chi connectivity index (χ1) is 14.6. The van der Waals surface area contributed by atoms with Crippen molar-refractivity contribution in [3.05, 3.63) is 46.7 Å². The molecule has 0 spiro atoms. The molecule has 2 aromatic rings. The van der Waals surface area contributed by atoms with Crippen LogP contribution in [0.15, 0.2) is 46.0 Å². The van der Waals surface area contributed by atoms with Gasteiger partial charge in [0.2, 0.25) is 15.9 Å². The lowest BCUT2D eigenvalue weighted by Crippen LogP contribution is -2.41. The third-order valence-corrected chi connectivity index (χ3v) is 7.87. The highest BCUT2D eigenvalue weighted by Crippen LogP contribution is 2.30. The molecule has 2 heterocycles. The van der Waals surface area contributed by atoms with Crippen LogP contribution in [0.5, 0.6) is 0 Å². The fourth-order valence-corrected chi connectivity index (χ4v) is 5.65. The Labute approximate surface area is 185 Å². The van der Waals surface area contributed by atoms with Gasteiger partial charge in [-0.1, -0.05) is 19.9 Å². The maximum absolute atomic E-state index is 12.8. The van der Waals surface area contributed by atoms with E-state index in [-0.39, 0.29) is 10.6 Å². The zero-order valence-corrected chi connectivity index (χ0v) is 19.0. The van der Waals surface area contributed by atoms with Crippen molar-refractivity contribution in [2.75, 3.05) is 25.0 Å². The van der Waals surface area contributed by atoms with E-state index < -0.39 is 40.0 Å². The number of nitrogens with zero attached hydrogens (tertiary/aromatic N) is 2. The molecule has 166 valence electrons. The number of hydrogen-bond acceptors (Lipinski definition) is 6. The van der Waals surface area contributed by atoms with Crippen LogP contribution in [0.2, 0.25) is 0 Å². The summed E-state index contributed by atoms with van der Waals surface area (Å²) >= 11 is 1.40. The molecule has 4 amide bonds. The van der Waals surface area contributed by atoms with Crippen molar-refractivity contribution < 1.29 is 22.8 Å². The number of carbonyl (C=O) groups is 3. The average Bonchev–Trinajstić information content (AvgIpc) is 3.34. The number of hydrogen-bond donors (Lipinski definition) is 2. The molecule has 1 unspecified atom stereocenters. The number of nitrogens with one attached hydrogen (secondary N) is 2. The van der Waals surface area contributed by atoms with Gasteiger partial charge >= 0.3 is 6.03 Å². The normalized spacial score (nSPS) is 19.0. The molecule has 0 radical (unpaired) electrons. The molecular formula is C20H24N4O5S2. The number of carbonyl (C=O) groups excluding carboxylic acids is 3. The highest BCUT2D eigenvalue weighted by atomic mass is 32.2.